The van der Waals surface area contributed by atoms with E-state index in [1.54, 1.807) is 23.0 Å². The smallest absolute Gasteiger partial charge is 0.248 e. The average Bonchev–Trinajstić information content (AvgIpc) is 2.58. The zero-order chi connectivity index (χ0) is 11.7. The van der Waals surface area contributed by atoms with Crippen LogP contribution in [0.15, 0.2) is 24.4 Å². The van der Waals surface area contributed by atoms with Gasteiger partial charge in [0.1, 0.15) is 0 Å². The van der Waals surface area contributed by atoms with Crippen molar-refractivity contribution in [3.63, 3.8) is 0 Å². The van der Waals surface area contributed by atoms with E-state index < -0.39 is 5.91 Å². The Morgan fingerprint density at radius 3 is 2.69 bits per heavy atom. The molecule has 2 aromatic heterocycles. The van der Waals surface area contributed by atoms with Gasteiger partial charge in [-0.2, -0.15) is 5.10 Å². The largest absolute Gasteiger partial charge is 0.366 e. The van der Waals surface area contributed by atoms with Crippen molar-refractivity contribution in [2.75, 3.05) is 0 Å². The minimum atomic E-state index is -0.467. The van der Waals surface area contributed by atoms with Crippen molar-refractivity contribution in [2.45, 2.75) is 13.8 Å². The molecule has 82 valence electrons. The first kappa shape index (κ1) is 10.4. The Kier molecular flexibility index (Phi) is 2.44. The van der Waals surface area contributed by atoms with Gasteiger partial charge in [0.15, 0.2) is 5.82 Å². The monoisotopic (exact) mass is 216 g/mol. The number of primary amides is 1. The highest BCUT2D eigenvalue weighted by molar-refractivity contribution is 5.93. The summed E-state index contributed by atoms with van der Waals surface area (Å²) in [5.41, 5.74) is 7.51. The van der Waals surface area contributed by atoms with Crippen LogP contribution in [0.3, 0.4) is 0 Å². The highest BCUT2D eigenvalue weighted by Crippen LogP contribution is 2.10. The molecule has 0 saturated heterocycles. The van der Waals surface area contributed by atoms with Crippen LogP contribution in [0.25, 0.3) is 5.82 Å². The summed E-state index contributed by atoms with van der Waals surface area (Å²) in [6.45, 7) is 3.83. The number of hydrogen-bond acceptors (Lipinski definition) is 3. The van der Waals surface area contributed by atoms with Crippen molar-refractivity contribution >= 4 is 5.91 Å². The van der Waals surface area contributed by atoms with E-state index in [2.05, 4.69) is 10.1 Å². The third kappa shape index (κ3) is 1.79. The molecule has 0 bridgehead atoms. The first-order valence-electron chi connectivity index (χ1n) is 4.87. The number of hydrogen-bond donors (Lipinski definition) is 1. The lowest BCUT2D eigenvalue weighted by Crippen LogP contribution is -2.12. The summed E-state index contributed by atoms with van der Waals surface area (Å²) in [6.07, 6.45) is 1.55. The van der Waals surface area contributed by atoms with Crippen LogP contribution < -0.4 is 5.73 Å². The molecule has 2 rings (SSSR count). The van der Waals surface area contributed by atoms with E-state index >= 15 is 0 Å². The number of rotatable bonds is 2. The molecule has 0 aromatic carbocycles. The van der Waals surface area contributed by atoms with Crippen molar-refractivity contribution in [1.29, 1.82) is 0 Å². The fourth-order valence-electron chi connectivity index (χ4n) is 1.55. The third-order valence-corrected chi connectivity index (χ3v) is 2.26. The Morgan fingerprint density at radius 1 is 1.38 bits per heavy atom. The molecule has 0 saturated carbocycles. The summed E-state index contributed by atoms with van der Waals surface area (Å²) >= 11 is 0. The van der Waals surface area contributed by atoms with Crippen LogP contribution in [-0.4, -0.2) is 20.7 Å². The van der Waals surface area contributed by atoms with Gasteiger partial charge in [0.25, 0.3) is 0 Å². The van der Waals surface area contributed by atoms with Gasteiger partial charge in [0.2, 0.25) is 5.91 Å². The van der Waals surface area contributed by atoms with Crippen LogP contribution >= 0.6 is 0 Å². The Hall–Kier alpha value is -2.17. The molecule has 5 nitrogen and oxygen atoms in total. The molecule has 2 heterocycles. The fraction of sp³-hybridized carbons (Fsp3) is 0.182. The van der Waals surface area contributed by atoms with Crippen molar-refractivity contribution in [3.8, 4) is 5.82 Å². The molecule has 0 unspecified atom stereocenters. The Bertz CT molecular complexity index is 545. The second-order valence-electron chi connectivity index (χ2n) is 3.61. The molecule has 1 amide bonds. The fourth-order valence-corrected chi connectivity index (χ4v) is 1.55. The average molecular weight is 216 g/mol. The van der Waals surface area contributed by atoms with Crippen LogP contribution in [0.5, 0.6) is 0 Å². The van der Waals surface area contributed by atoms with E-state index in [0.717, 1.165) is 11.4 Å². The minimum absolute atomic E-state index is 0.428. The predicted molar refractivity (Wildman–Crippen MR) is 59.4 cm³/mol. The van der Waals surface area contributed by atoms with E-state index in [0.29, 0.717) is 11.4 Å². The molecule has 2 aromatic rings. The van der Waals surface area contributed by atoms with Crippen molar-refractivity contribution in [1.82, 2.24) is 14.8 Å². The lowest BCUT2D eigenvalue weighted by Gasteiger charge is -2.03. The number of pyridine rings is 1. The van der Waals surface area contributed by atoms with E-state index in [1.807, 2.05) is 19.9 Å². The molecule has 0 radical (unpaired) electrons. The molecular weight excluding hydrogens is 204 g/mol. The summed E-state index contributed by atoms with van der Waals surface area (Å²) in [6, 6.07) is 5.15. The predicted octanol–water partition coefficient (Wildman–Crippen LogP) is 0.983. The van der Waals surface area contributed by atoms with Crippen molar-refractivity contribution < 1.29 is 4.79 Å². The molecule has 2 N–H and O–H groups in total. The van der Waals surface area contributed by atoms with Gasteiger partial charge >= 0.3 is 0 Å². The van der Waals surface area contributed by atoms with Crippen molar-refractivity contribution in [2.24, 2.45) is 5.73 Å². The molecule has 0 aliphatic carbocycles. The van der Waals surface area contributed by atoms with E-state index in [-0.39, 0.29) is 0 Å². The maximum Gasteiger partial charge on any atom is 0.248 e. The van der Waals surface area contributed by atoms with Crippen molar-refractivity contribution in [3.05, 3.63) is 41.3 Å². The van der Waals surface area contributed by atoms with Gasteiger partial charge in [-0.05, 0) is 32.0 Å². The molecule has 5 heteroatoms. The Labute approximate surface area is 92.9 Å². The van der Waals surface area contributed by atoms with Crippen LogP contribution in [0.2, 0.25) is 0 Å². The van der Waals surface area contributed by atoms with E-state index in [9.17, 15) is 4.79 Å². The Balaban J connectivity index is 2.52. The van der Waals surface area contributed by atoms with Gasteiger partial charge < -0.3 is 5.73 Å². The SMILES string of the molecule is Cc1cc(C)n(-c2cc(C(N)=O)ccn2)n1. The van der Waals surface area contributed by atoms with Gasteiger partial charge in [-0.1, -0.05) is 0 Å². The van der Waals surface area contributed by atoms with Crippen LogP contribution in [0, 0.1) is 13.8 Å². The van der Waals surface area contributed by atoms with E-state index in [1.165, 1.54) is 0 Å². The lowest BCUT2D eigenvalue weighted by atomic mass is 10.2. The van der Waals surface area contributed by atoms with Gasteiger partial charge in [0, 0.05) is 17.5 Å². The maximum absolute atomic E-state index is 11.0. The third-order valence-electron chi connectivity index (χ3n) is 2.26. The van der Waals surface area contributed by atoms with Gasteiger partial charge in [-0.15, -0.1) is 0 Å². The minimum Gasteiger partial charge on any atom is -0.366 e. The molecule has 0 fully saturated rings. The second-order valence-corrected chi connectivity index (χ2v) is 3.61. The normalized spacial score (nSPS) is 10.4. The molecule has 16 heavy (non-hydrogen) atoms. The summed E-state index contributed by atoms with van der Waals surface area (Å²) < 4.78 is 1.68. The summed E-state index contributed by atoms with van der Waals surface area (Å²) in [4.78, 5) is 15.2. The first-order valence-corrected chi connectivity index (χ1v) is 4.87. The first-order chi connectivity index (χ1) is 7.58. The van der Waals surface area contributed by atoms with Crippen LogP contribution in [0.1, 0.15) is 21.7 Å². The highest BCUT2D eigenvalue weighted by atomic mass is 16.1. The van der Waals surface area contributed by atoms with Gasteiger partial charge in [0.05, 0.1) is 5.69 Å². The second kappa shape index (κ2) is 3.77. The van der Waals surface area contributed by atoms with Crippen LogP contribution in [0.4, 0.5) is 0 Å². The number of carbonyl (C=O) groups excluding carboxylic acids is 1. The zero-order valence-corrected chi connectivity index (χ0v) is 9.14. The summed E-state index contributed by atoms with van der Waals surface area (Å²) in [5, 5.41) is 4.28. The molecule has 0 spiro atoms. The zero-order valence-electron chi connectivity index (χ0n) is 9.14. The van der Waals surface area contributed by atoms with E-state index in [4.69, 9.17) is 5.73 Å². The Morgan fingerprint density at radius 2 is 2.12 bits per heavy atom. The lowest BCUT2D eigenvalue weighted by molar-refractivity contribution is 0.1000. The molecule has 0 atom stereocenters. The van der Waals surface area contributed by atoms with Crippen LogP contribution in [-0.2, 0) is 0 Å². The number of nitrogens with two attached hydrogens (primary N) is 1. The maximum atomic E-state index is 11.0. The summed E-state index contributed by atoms with van der Waals surface area (Å²) in [5.74, 6) is 0.132. The highest BCUT2D eigenvalue weighted by Gasteiger charge is 2.07. The number of amides is 1. The number of nitrogens with zero attached hydrogens (tertiary/aromatic N) is 3. The van der Waals surface area contributed by atoms with Gasteiger partial charge in [-0.25, -0.2) is 9.67 Å². The quantitative estimate of drug-likeness (QED) is 0.813. The number of aryl methyl sites for hydroxylation is 2. The number of aromatic nitrogens is 3. The summed E-state index contributed by atoms with van der Waals surface area (Å²) in [7, 11) is 0. The standard InChI is InChI=1S/C11H12N4O/c1-7-5-8(2)15(14-7)10-6-9(11(12)16)3-4-13-10/h3-6H,1-2H3,(H2,12,16). The molecule has 0 aliphatic heterocycles. The molecular formula is C11H12N4O. The molecule has 0 aliphatic rings. The number of carbonyl (C=O) groups is 1. The topological polar surface area (TPSA) is 73.8 Å². The van der Waals surface area contributed by atoms with Gasteiger partial charge in [-0.3, -0.25) is 4.79 Å².